The number of hydrogen-bond acceptors (Lipinski definition) is 8. The number of rotatable bonds is 5. The molecule has 150 valence electrons. The maximum Gasteiger partial charge on any atom is 0.269 e. The third kappa shape index (κ3) is 3.76. The van der Waals surface area contributed by atoms with E-state index in [-0.39, 0.29) is 12.1 Å². The fourth-order valence-corrected chi connectivity index (χ4v) is 3.02. The molecule has 1 unspecified atom stereocenters. The molecule has 30 heavy (non-hydrogen) atoms. The van der Waals surface area contributed by atoms with Crippen molar-refractivity contribution in [3.05, 3.63) is 69.8 Å². The number of benzene rings is 2. The molecule has 2 amide bonds. The summed E-state index contributed by atoms with van der Waals surface area (Å²) in [7, 11) is 0. The Bertz CT molecular complexity index is 1110. The van der Waals surface area contributed by atoms with Crippen LogP contribution in [-0.2, 0) is 9.59 Å². The van der Waals surface area contributed by atoms with Crippen molar-refractivity contribution >= 4 is 41.6 Å². The van der Waals surface area contributed by atoms with Crippen LogP contribution in [0.1, 0.15) is 17.5 Å². The Hall–Kier alpha value is -4.41. The van der Waals surface area contributed by atoms with E-state index < -0.39 is 22.8 Å². The predicted molar refractivity (Wildman–Crippen MR) is 108 cm³/mol. The summed E-state index contributed by atoms with van der Waals surface area (Å²) < 4.78 is 0. The molecule has 0 saturated carbocycles. The average molecular weight is 405 g/mol. The van der Waals surface area contributed by atoms with Crippen LogP contribution in [0.25, 0.3) is 0 Å². The van der Waals surface area contributed by atoms with E-state index >= 15 is 0 Å². The lowest BCUT2D eigenvalue weighted by molar-refractivity contribution is -0.384. The van der Waals surface area contributed by atoms with Crippen molar-refractivity contribution in [2.75, 3.05) is 0 Å². The molecule has 11 nitrogen and oxygen atoms in total. The van der Waals surface area contributed by atoms with Crippen LogP contribution in [0.5, 0.6) is 0 Å². The third-order valence-electron chi connectivity index (χ3n) is 4.51. The van der Waals surface area contributed by atoms with E-state index in [1.165, 1.54) is 36.8 Å². The third-order valence-corrected chi connectivity index (χ3v) is 4.51. The molecule has 2 heterocycles. The number of nitro benzene ring substituents is 1. The Morgan fingerprint density at radius 2 is 2.03 bits per heavy atom. The highest BCUT2D eigenvalue weighted by atomic mass is 16.6. The molecule has 0 spiro atoms. The van der Waals surface area contributed by atoms with Crippen molar-refractivity contribution in [1.82, 2.24) is 15.8 Å². The molecule has 11 heteroatoms. The van der Waals surface area contributed by atoms with Gasteiger partial charge in [-0.05, 0) is 29.8 Å². The number of fused-ring (bicyclic) bond motifs is 3. The first-order chi connectivity index (χ1) is 14.5. The number of nitro groups is 1. The molecule has 2 aliphatic rings. The Morgan fingerprint density at radius 1 is 1.27 bits per heavy atom. The standard InChI is InChI=1S/C19H15N7O4/c27-17(22-21-10-12-5-7-13(8-6-12)26(29)30)9-16-19(28)24-23-18-14-3-1-2-4-15(14)20-11-25(16)18/h1-8,10-11,16H,9H2,(H,22,27)(H,24,28)/b21-10+. The largest absolute Gasteiger partial charge is 0.302 e. The predicted octanol–water partition coefficient (Wildman–Crippen LogP) is 1.27. The molecule has 0 bridgehead atoms. The number of amidine groups is 1. The molecule has 4 rings (SSSR count). The number of carbonyl (C=O) groups is 2. The number of nitrogens with zero attached hydrogens (tertiary/aromatic N) is 5. The lowest BCUT2D eigenvalue weighted by Gasteiger charge is -2.34. The number of carbonyl (C=O) groups excluding carboxylic acids is 2. The monoisotopic (exact) mass is 405 g/mol. The van der Waals surface area contributed by atoms with Gasteiger partial charge in [-0.15, -0.1) is 0 Å². The van der Waals surface area contributed by atoms with Gasteiger partial charge in [-0.25, -0.2) is 15.8 Å². The first kappa shape index (κ1) is 18.9. The minimum Gasteiger partial charge on any atom is -0.302 e. The maximum absolute atomic E-state index is 12.3. The number of hydrogen-bond donors (Lipinski definition) is 2. The topological polar surface area (TPSA) is 142 Å². The maximum atomic E-state index is 12.3. The molecule has 2 aromatic rings. The van der Waals surface area contributed by atoms with Crippen LogP contribution in [0.3, 0.4) is 0 Å². The van der Waals surface area contributed by atoms with E-state index in [1.54, 1.807) is 4.90 Å². The number of aliphatic imine (C=N–C) groups is 1. The highest BCUT2D eigenvalue weighted by Crippen LogP contribution is 2.27. The van der Waals surface area contributed by atoms with E-state index in [1.807, 2.05) is 24.3 Å². The molecular weight excluding hydrogens is 390 g/mol. The molecule has 0 aliphatic carbocycles. The van der Waals surface area contributed by atoms with E-state index in [4.69, 9.17) is 0 Å². The summed E-state index contributed by atoms with van der Waals surface area (Å²) in [5, 5.41) is 18.6. The first-order valence-corrected chi connectivity index (χ1v) is 8.89. The second-order valence-corrected chi connectivity index (χ2v) is 6.44. The van der Waals surface area contributed by atoms with Gasteiger partial charge in [0.1, 0.15) is 6.04 Å². The van der Waals surface area contributed by atoms with E-state index in [2.05, 4.69) is 26.0 Å². The summed E-state index contributed by atoms with van der Waals surface area (Å²) in [6, 6.07) is 12.2. The van der Waals surface area contributed by atoms with Crippen molar-refractivity contribution in [1.29, 1.82) is 0 Å². The molecular formula is C19H15N7O4. The van der Waals surface area contributed by atoms with Crippen LogP contribution in [0.15, 0.2) is 63.7 Å². The summed E-state index contributed by atoms with van der Waals surface area (Å²) in [6.07, 6.45) is 2.67. The van der Waals surface area contributed by atoms with E-state index in [0.717, 1.165) is 11.3 Å². The highest BCUT2D eigenvalue weighted by molar-refractivity contribution is 6.14. The van der Waals surface area contributed by atoms with Crippen LogP contribution in [0, 0.1) is 10.1 Å². The Balaban J connectivity index is 1.41. The molecule has 0 saturated heterocycles. The smallest absolute Gasteiger partial charge is 0.269 e. The van der Waals surface area contributed by atoms with Crippen molar-refractivity contribution in [3.63, 3.8) is 0 Å². The van der Waals surface area contributed by atoms with Gasteiger partial charge in [-0.3, -0.25) is 19.7 Å². The van der Waals surface area contributed by atoms with Crippen LogP contribution >= 0.6 is 0 Å². The van der Waals surface area contributed by atoms with E-state index in [0.29, 0.717) is 11.4 Å². The Labute approximate surface area is 169 Å². The zero-order valence-electron chi connectivity index (χ0n) is 15.4. The van der Waals surface area contributed by atoms with Crippen LogP contribution in [-0.4, -0.2) is 46.1 Å². The zero-order valence-corrected chi connectivity index (χ0v) is 15.4. The van der Waals surface area contributed by atoms with Gasteiger partial charge in [-0.1, -0.05) is 12.1 Å². The summed E-state index contributed by atoms with van der Waals surface area (Å²) >= 11 is 0. The Morgan fingerprint density at radius 3 is 2.80 bits per heavy atom. The molecule has 2 aliphatic heterocycles. The van der Waals surface area contributed by atoms with Crippen molar-refractivity contribution in [2.45, 2.75) is 12.5 Å². The van der Waals surface area contributed by atoms with E-state index in [9.17, 15) is 19.7 Å². The molecule has 1 atom stereocenters. The van der Waals surface area contributed by atoms with Crippen molar-refractivity contribution in [2.24, 2.45) is 15.2 Å². The normalized spacial score (nSPS) is 17.1. The number of non-ortho nitro benzene ring substituents is 1. The van der Waals surface area contributed by atoms with Gasteiger partial charge < -0.3 is 4.90 Å². The fraction of sp³-hybridized carbons (Fsp3) is 0.105. The lowest BCUT2D eigenvalue weighted by atomic mass is 10.1. The second kappa shape index (κ2) is 7.91. The van der Waals surface area contributed by atoms with Crippen LogP contribution in [0.4, 0.5) is 11.4 Å². The van der Waals surface area contributed by atoms with Gasteiger partial charge in [0, 0.05) is 17.7 Å². The van der Waals surface area contributed by atoms with Crippen molar-refractivity contribution < 1.29 is 14.5 Å². The quantitative estimate of drug-likeness (QED) is 0.438. The lowest BCUT2D eigenvalue weighted by Crippen LogP contribution is -2.55. The number of nitrogens with one attached hydrogen (secondary N) is 2. The van der Waals surface area contributed by atoms with Crippen LogP contribution < -0.4 is 10.9 Å². The minimum absolute atomic E-state index is 0.0401. The average Bonchev–Trinajstić information content (AvgIpc) is 2.75. The van der Waals surface area contributed by atoms with Gasteiger partial charge in [0.25, 0.3) is 11.6 Å². The fourth-order valence-electron chi connectivity index (χ4n) is 3.02. The molecule has 0 radical (unpaired) electrons. The molecule has 2 N–H and O–H groups in total. The van der Waals surface area contributed by atoms with Gasteiger partial charge in [0.05, 0.1) is 29.6 Å². The number of hydrazone groups is 2. The number of amides is 2. The molecule has 0 fully saturated rings. The molecule has 2 aromatic carbocycles. The van der Waals surface area contributed by atoms with Gasteiger partial charge in [0.2, 0.25) is 5.91 Å². The van der Waals surface area contributed by atoms with Crippen LogP contribution in [0.2, 0.25) is 0 Å². The van der Waals surface area contributed by atoms with Gasteiger partial charge in [0.15, 0.2) is 5.84 Å². The first-order valence-electron chi connectivity index (χ1n) is 8.89. The van der Waals surface area contributed by atoms with Gasteiger partial charge in [-0.2, -0.15) is 10.2 Å². The van der Waals surface area contributed by atoms with Crippen molar-refractivity contribution in [3.8, 4) is 0 Å². The Kier molecular flexibility index (Phi) is 4.99. The summed E-state index contributed by atoms with van der Waals surface area (Å²) in [5.74, 6) is -0.409. The van der Waals surface area contributed by atoms with Gasteiger partial charge >= 0.3 is 0 Å². The molecule has 0 aromatic heterocycles. The second-order valence-electron chi connectivity index (χ2n) is 6.44. The number of para-hydroxylation sites is 1. The summed E-state index contributed by atoms with van der Waals surface area (Å²) in [6.45, 7) is 0. The summed E-state index contributed by atoms with van der Waals surface area (Å²) in [5.41, 5.74) is 6.81. The minimum atomic E-state index is -0.829. The zero-order chi connectivity index (χ0) is 21.1. The summed E-state index contributed by atoms with van der Waals surface area (Å²) in [4.78, 5) is 40.6. The highest BCUT2D eigenvalue weighted by Gasteiger charge is 2.36. The SMILES string of the molecule is O=C(CC1C(=O)NN=C2c3ccccc3N=CN21)N/N=C/c1ccc([N+](=O)[O-])cc1.